The number of hydrogen-bond acceptors (Lipinski definition) is 4. The molecule has 1 heterocycles. The van der Waals surface area contributed by atoms with Gasteiger partial charge in [-0.25, -0.2) is 4.79 Å². The minimum Gasteiger partial charge on any atom is -0.497 e. The number of carbonyl (C=O) groups is 1. The topological polar surface area (TPSA) is 77.8 Å². The minimum atomic E-state index is -1.08. The number of hydrogen-bond donors (Lipinski definition) is 1. The Morgan fingerprint density at radius 3 is 2.76 bits per heavy atom. The summed E-state index contributed by atoms with van der Waals surface area (Å²) in [6.07, 6.45) is 1.65. The van der Waals surface area contributed by atoms with Gasteiger partial charge in [-0.15, -0.1) is 0 Å². The number of pyridine rings is 1. The summed E-state index contributed by atoms with van der Waals surface area (Å²) in [5, 5.41) is 9.11. The van der Waals surface area contributed by atoms with Crippen LogP contribution in [0, 0.1) is 0 Å². The first-order valence-corrected chi connectivity index (χ1v) is 6.31. The zero-order valence-electron chi connectivity index (χ0n) is 11.5. The molecule has 0 aliphatic carbocycles. The lowest BCUT2D eigenvalue weighted by Crippen LogP contribution is -2.21. The van der Waals surface area contributed by atoms with Crippen molar-refractivity contribution >= 4 is 5.97 Å². The minimum absolute atomic E-state index is 0.0520. The average Bonchev–Trinajstić information content (AvgIpc) is 2.48. The molecule has 6 nitrogen and oxygen atoms in total. The first kappa shape index (κ1) is 14.6. The molecule has 0 unspecified atom stereocenters. The van der Waals surface area contributed by atoms with Crippen LogP contribution in [0.5, 0.6) is 11.5 Å². The van der Waals surface area contributed by atoms with E-state index in [9.17, 15) is 9.59 Å². The number of aromatic carboxylic acids is 1. The molecule has 0 saturated carbocycles. The molecule has 0 bridgehead atoms. The highest BCUT2D eigenvalue weighted by Gasteiger charge is 2.12. The molecule has 1 aromatic heterocycles. The molecule has 0 radical (unpaired) electrons. The molecule has 0 amide bonds. The maximum atomic E-state index is 11.5. The molecule has 1 aromatic carbocycles. The van der Waals surface area contributed by atoms with Crippen molar-refractivity contribution in [2.45, 2.75) is 6.54 Å². The standard InChI is InChI=1S/C15H15NO5/c1-20-11-5-6-12(15(18)19)13(10-11)21-9-8-16-7-3-2-4-14(16)17/h2-7,10H,8-9H2,1H3,(H,18,19). The Morgan fingerprint density at radius 1 is 1.29 bits per heavy atom. The van der Waals surface area contributed by atoms with Crippen LogP contribution in [-0.2, 0) is 6.54 Å². The lowest BCUT2D eigenvalue weighted by molar-refractivity contribution is 0.0692. The molecular weight excluding hydrogens is 274 g/mol. The normalized spacial score (nSPS) is 10.1. The molecule has 2 aromatic rings. The maximum absolute atomic E-state index is 11.5. The smallest absolute Gasteiger partial charge is 0.339 e. The second kappa shape index (κ2) is 6.60. The maximum Gasteiger partial charge on any atom is 0.339 e. The Morgan fingerprint density at radius 2 is 2.10 bits per heavy atom. The van der Waals surface area contributed by atoms with Crippen molar-refractivity contribution < 1.29 is 19.4 Å². The molecule has 1 N–H and O–H groups in total. The first-order chi connectivity index (χ1) is 10.1. The number of carboxylic acid groups (broad SMARTS) is 1. The van der Waals surface area contributed by atoms with E-state index < -0.39 is 5.97 Å². The van der Waals surface area contributed by atoms with Gasteiger partial charge in [0, 0.05) is 18.3 Å². The first-order valence-electron chi connectivity index (χ1n) is 6.31. The highest BCUT2D eigenvalue weighted by atomic mass is 16.5. The number of benzene rings is 1. The highest BCUT2D eigenvalue weighted by Crippen LogP contribution is 2.24. The van der Waals surface area contributed by atoms with Crippen molar-refractivity contribution in [2.24, 2.45) is 0 Å². The van der Waals surface area contributed by atoms with E-state index in [1.54, 1.807) is 24.4 Å². The van der Waals surface area contributed by atoms with Gasteiger partial charge in [0.1, 0.15) is 23.7 Å². The van der Waals surface area contributed by atoms with Crippen LogP contribution in [0.2, 0.25) is 0 Å². The number of ether oxygens (including phenoxy) is 2. The molecule has 110 valence electrons. The SMILES string of the molecule is COc1ccc(C(=O)O)c(OCCn2ccccc2=O)c1. The van der Waals surface area contributed by atoms with Crippen LogP contribution in [0.25, 0.3) is 0 Å². The highest BCUT2D eigenvalue weighted by molar-refractivity contribution is 5.91. The van der Waals surface area contributed by atoms with Crippen LogP contribution in [0.1, 0.15) is 10.4 Å². The summed E-state index contributed by atoms with van der Waals surface area (Å²) in [7, 11) is 1.49. The van der Waals surface area contributed by atoms with Gasteiger partial charge in [-0.2, -0.15) is 0 Å². The van der Waals surface area contributed by atoms with Crippen molar-refractivity contribution in [1.29, 1.82) is 0 Å². The quantitative estimate of drug-likeness (QED) is 0.874. The summed E-state index contributed by atoms with van der Waals surface area (Å²) in [6, 6.07) is 9.34. The third-order valence-corrected chi connectivity index (χ3v) is 2.91. The van der Waals surface area contributed by atoms with Gasteiger partial charge in [0.25, 0.3) is 5.56 Å². The van der Waals surface area contributed by atoms with E-state index in [2.05, 4.69) is 0 Å². The van der Waals surface area contributed by atoms with E-state index in [-0.39, 0.29) is 23.5 Å². The molecular formula is C15H15NO5. The predicted molar refractivity (Wildman–Crippen MR) is 76.2 cm³/mol. The van der Waals surface area contributed by atoms with Crippen molar-refractivity contribution in [3.8, 4) is 11.5 Å². The van der Waals surface area contributed by atoms with Crippen LogP contribution < -0.4 is 15.0 Å². The zero-order valence-corrected chi connectivity index (χ0v) is 11.5. The Kier molecular flexibility index (Phi) is 4.61. The Hall–Kier alpha value is -2.76. The molecule has 0 fully saturated rings. The molecule has 2 rings (SSSR count). The molecule has 0 aliphatic rings. The summed E-state index contributed by atoms with van der Waals surface area (Å²) in [6.45, 7) is 0.507. The fourth-order valence-corrected chi connectivity index (χ4v) is 1.83. The fraction of sp³-hybridized carbons (Fsp3) is 0.200. The van der Waals surface area contributed by atoms with Gasteiger partial charge in [-0.3, -0.25) is 4.79 Å². The van der Waals surface area contributed by atoms with Crippen LogP contribution in [0.3, 0.4) is 0 Å². The van der Waals surface area contributed by atoms with Gasteiger partial charge in [0.05, 0.1) is 13.7 Å². The Bertz CT molecular complexity index is 692. The van der Waals surface area contributed by atoms with Crippen molar-refractivity contribution in [1.82, 2.24) is 4.57 Å². The van der Waals surface area contributed by atoms with Crippen molar-refractivity contribution in [3.63, 3.8) is 0 Å². The average molecular weight is 289 g/mol. The summed E-state index contributed by atoms with van der Waals surface area (Å²) < 4.78 is 12.0. The number of aromatic nitrogens is 1. The lowest BCUT2D eigenvalue weighted by atomic mass is 10.2. The van der Waals surface area contributed by atoms with E-state index in [4.69, 9.17) is 14.6 Å². The Balaban J connectivity index is 2.10. The van der Waals surface area contributed by atoms with E-state index >= 15 is 0 Å². The van der Waals surface area contributed by atoms with Gasteiger partial charge in [-0.05, 0) is 18.2 Å². The van der Waals surface area contributed by atoms with E-state index in [0.29, 0.717) is 12.3 Å². The van der Waals surface area contributed by atoms with Gasteiger partial charge < -0.3 is 19.1 Å². The largest absolute Gasteiger partial charge is 0.497 e. The third kappa shape index (κ3) is 3.62. The second-order valence-corrected chi connectivity index (χ2v) is 4.25. The zero-order chi connectivity index (χ0) is 15.2. The second-order valence-electron chi connectivity index (χ2n) is 4.25. The monoisotopic (exact) mass is 289 g/mol. The number of carboxylic acids is 1. The van der Waals surface area contributed by atoms with Crippen LogP contribution in [0.15, 0.2) is 47.4 Å². The third-order valence-electron chi connectivity index (χ3n) is 2.91. The van der Waals surface area contributed by atoms with Gasteiger partial charge >= 0.3 is 5.97 Å². The fourth-order valence-electron chi connectivity index (χ4n) is 1.83. The van der Waals surface area contributed by atoms with Crippen LogP contribution >= 0.6 is 0 Å². The lowest BCUT2D eigenvalue weighted by Gasteiger charge is -2.11. The molecule has 0 spiro atoms. The number of nitrogens with zero attached hydrogens (tertiary/aromatic N) is 1. The van der Waals surface area contributed by atoms with E-state index in [1.165, 1.54) is 29.9 Å². The molecule has 0 aliphatic heterocycles. The van der Waals surface area contributed by atoms with Gasteiger partial charge in [0.15, 0.2) is 0 Å². The van der Waals surface area contributed by atoms with Gasteiger partial charge in [-0.1, -0.05) is 6.07 Å². The number of rotatable bonds is 6. The van der Waals surface area contributed by atoms with E-state index in [1.807, 2.05) is 0 Å². The summed E-state index contributed by atoms with van der Waals surface area (Å²) in [5.41, 5.74) is -0.0820. The predicted octanol–water partition coefficient (Wildman–Crippen LogP) is 1.63. The van der Waals surface area contributed by atoms with Crippen molar-refractivity contribution in [3.05, 3.63) is 58.5 Å². The molecule has 21 heavy (non-hydrogen) atoms. The summed E-state index contributed by atoms with van der Waals surface area (Å²) in [4.78, 5) is 22.7. The number of methoxy groups -OCH3 is 1. The molecule has 6 heteroatoms. The summed E-state index contributed by atoms with van der Waals surface area (Å²) in [5.74, 6) is -0.359. The van der Waals surface area contributed by atoms with E-state index in [0.717, 1.165) is 0 Å². The van der Waals surface area contributed by atoms with Crippen LogP contribution in [-0.4, -0.2) is 29.4 Å². The van der Waals surface area contributed by atoms with Crippen LogP contribution in [0.4, 0.5) is 0 Å². The summed E-state index contributed by atoms with van der Waals surface area (Å²) >= 11 is 0. The van der Waals surface area contributed by atoms with Crippen molar-refractivity contribution in [2.75, 3.05) is 13.7 Å². The van der Waals surface area contributed by atoms with Gasteiger partial charge in [0.2, 0.25) is 0 Å². The Labute approximate surface area is 121 Å². The molecule has 0 atom stereocenters. The molecule has 0 saturated heterocycles.